The van der Waals surface area contributed by atoms with Gasteiger partial charge in [-0.05, 0) is 73.8 Å². The minimum atomic E-state index is -0.0682. The fourth-order valence-electron chi connectivity index (χ4n) is 4.45. The van der Waals surface area contributed by atoms with Crippen LogP contribution in [0.3, 0.4) is 0 Å². The van der Waals surface area contributed by atoms with Gasteiger partial charge in [0, 0.05) is 36.4 Å². The Balaban J connectivity index is 1.37. The molecule has 3 aromatic rings. The van der Waals surface area contributed by atoms with Crippen molar-refractivity contribution < 1.29 is 9.59 Å². The van der Waals surface area contributed by atoms with Crippen LogP contribution < -0.4 is 5.32 Å². The van der Waals surface area contributed by atoms with Crippen molar-refractivity contribution in [3.05, 3.63) is 88.2 Å². The first-order chi connectivity index (χ1) is 16.8. The van der Waals surface area contributed by atoms with Crippen LogP contribution >= 0.6 is 11.6 Å². The van der Waals surface area contributed by atoms with E-state index < -0.39 is 0 Å². The molecule has 7 heteroatoms. The highest BCUT2D eigenvalue weighted by atomic mass is 35.5. The molecule has 0 saturated carbocycles. The average Bonchev–Trinajstić information content (AvgIpc) is 2.86. The molecule has 0 aliphatic heterocycles. The molecule has 1 unspecified atom stereocenters. The zero-order valence-electron chi connectivity index (χ0n) is 20.4. The van der Waals surface area contributed by atoms with Crippen LogP contribution in [0.15, 0.2) is 60.8 Å². The predicted molar refractivity (Wildman–Crippen MR) is 139 cm³/mol. The lowest BCUT2D eigenvalue weighted by molar-refractivity contribution is -0.121. The first-order valence-corrected chi connectivity index (χ1v) is 12.2. The standard InChI is InChI=1S/C28H31ClN4O2/c1-32(2)18-27(34)31-16-19-4-5-22-15-25(12-8-21(22)14-19)33(3)28(35)26-13-9-23(17-30-26)20-6-10-24(29)11-7-20/h4-7,9-11,13-14,17,25H,8,12,15-16,18H2,1-3H3,(H,31,34). The third-order valence-electron chi connectivity index (χ3n) is 6.45. The summed E-state index contributed by atoms with van der Waals surface area (Å²) in [6, 6.07) is 17.8. The Hall–Kier alpha value is -3.22. The summed E-state index contributed by atoms with van der Waals surface area (Å²) < 4.78 is 0. The molecule has 6 nitrogen and oxygen atoms in total. The molecule has 1 aromatic heterocycles. The van der Waals surface area contributed by atoms with Crippen LogP contribution in [0, 0.1) is 0 Å². The lowest BCUT2D eigenvalue weighted by atomic mass is 9.86. The number of hydrogen-bond acceptors (Lipinski definition) is 4. The molecule has 35 heavy (non-hydrogen) atoms. The molecule has 0 radical (unpaired) electrons. The zero-order chi connectivity index (χ0) is 24.9. The van der Waals surface area contributed by atoms with Crippen molar-refractivity contribution in [1.29, 1.82) is 0 Å². The Morgan fingerprint density at radius 1 is 1.00 bits per heavy atom. The normalized spacial score (nSPS) is 14.9. The van der Waals surface area contributed by atoms with Crippen LogP contribution in [0.4, 0.5) is 0 Å². The first kappa shape index (κ1) is 24.9. The Kier molecular flexibility index (Phi) is 7.83. The summed E-state index contributed by atoms with van der Waals surface area (Å²) >= 11 is 5.97. The molecular weight excluding hydrogens is 460 g/mol. The summed E-state index contributed by atoms with van der Waals surface area (Å²) in [5.74, 6) is -0.0518. The number of pyridine rings is 1. The summed E-state index contributed by atoms with van der Waals surface area (Å²) in [6.07, 6.45) is 4.35. The highest BCUT2D eigenvalue weighted by Gasteiger charge is 2.26. The fraction of sp³-hybridized carbons (Fsp3) is 0.321. The van der Waals surface area contributed by atoms with E-state index in [1.54, 1.807) is 12.3 Å². The molecule has 1 aliphatic rings. The number of carbonyl (C=O) groups is 2. The van der Waals surface area contributed by atoms with Crippen molar-refractivity contribution in [3.8, 4) is 11.1 Å². The number of aryl methyl sites for hydroxylation is 1. The van der Waals surface area contributed by atoms with Crippen LogP contribution in [0.2, 0.25) is 5.02 Å². The number of nitrogens with one attached hydrogen (secondary N) is 1. The summed E-state index contributed by atoms with van der Waals surface area (Å²) in [5, 5.41) is 3.65. The van der Waals surface area contributed by atoms with Crippen LogP contribution in [0.25, 0.3) is 11.1 Å². The molecular formula is C28H31ClN4O2. The van der Waals surface area contributed by atoms with Crippen LogP contribution in [0.5, 0.6) is 0 Å². The second kappa shape index (κ2) is 11.0. The van der Waals surface area contributed by atoms with Gasteiger partial charge in [0.25, 0.3) is 5.91 Å². The van der Waals surface area contributed by atoms with E-state index in [1.165, 1.54) is 11.1 Å². The van der Waals surface area contributed by atoms with Crippen molar-refractivity contribution in [2.45, 2.75) is 31.8 Å². The van der Waals surface area contributed by atoms with Crippen molar-refractivity contribution in [3.63, 3.8) is 0 Å². The first-order valence-electron chi connectivity index (χ1n) is 11.8. The lowest BCUT2D eigenvalue weighted by Gasteiger charge is -2.32. The van der Waals surface area contributed by atoms with Gasteiger partial charge in [0.1, 0.15) is 5.69 Å². The maximum absolute atomic E-state index is 13.1. The molecule has 0 fully saturated rings. The van der Waals surface area contributed by atoms with Crippen LogP contribution in [0.1, 0.15) is 33.6 Å². The molecule has 0 spiro atoms. The summed E-state index contributed by atoms with van der Waals surface area (Å²) in [5.41, 5.74) is 6.06. The van der Waals surface area contributed by atoms with Gasteiger partial charge in [-0.3, -0.25) is 14.6 Å². The molecule has 1 atom stereocenters. The average molecular weight is 491 g/mol. The van der Waals surface area contributed by atoms with Crippen molar-refractivity contribution in [2.24, 2.45) is 0 Å². The minimum Gasteiger partial charge on any atom is -0.351 e. The maximum Gasteiger partial charge on any atom is 0.272 e. The third kappa shape index (κ3) is 6.27. The molecule has 1 heterocycles. The number of likely N-dealkylation sites (N-methyl/N-ethyl adjacent to an activating group) is 2. The fourth-order valence-corrected chi connectivity index (χ4v) is 4.58. The topological polar surface area (TPSA) is 65.5 Å². The predicted octanol–water partition coefficient (Wildman–Crippen LogP) is 4.21. The number of amides is 2. The smallest absolute Gasteiger partial charge is 0.272 e. The van der Waals surface area contributed by atoms with E-state index in [-0.39, 0.29) is 17.9 Å². The summed E-state index contributed by atoms with van der Waals surface area (Å²) in [4.78, 5) is 33.2. The number of aromatic nitrogens is 1. The summed E-state index contributed by atoms with van der Waals surface area (Å²) in [7, 11) is 5.62. The Labute approximate surface area is 211 Å². The van der Waals surface area contributed by atoms with E-state index in [0.717, 1.165) is 36.0 Å². The Morgan fingerprint density at radius 3 is 2.43 bits per heavy atom. The van der Waals surface area contributed by atoms with Gasteiger partial charge in [0.15, 0.2) is 0 Å². The second-order valence-corrected chi connectivity index (χ2v) is 9.81. The zero-order valence-corrected chi connectivity index (χ0v) is 21.2. The van der Waals surface area contributed by atoms with Gasteiger partial charge < -0.3 is 15.1 Å². The monoisotopic (exact) mass is 490 g/mol. The van der Waals surface area contributed by atoms with Crippen molar-refractivity contribution >= 4 is 23.4 Å². The van der Waals surface area contributed by atoms with E-state index in [9.17, 15) is 9.59 Å². The van der Waals surface area contributed by atoms with Crippen LogP contribution in [-0.2, 0) is 24.2 Å². The maximum atomic E-state index is 13.1. The highest BCUT2D eigenvalue weighted by molar-refractivity contribution is 6.30. The third-order valence-corrected chi connectivity index (χ3v) is 6.70. The van der Waals surface area contributed by atoms with Crippen molar-refractivity contribution in [1.82, 2.24) is 20.1 Å². The number of halogens is 1. The number of benzene rings is 2. The number of hydrogen-bond donors (Lipinski definition) is 1. The number of fused-ring (bicyclic) bond motifs is 1. The number of nitrogens with zero attached hydrogens (tertiary/aromatic N) is 3. The Bertz CT molecular complexity index is 1190. The molecule has 1 aliphatic carbocycles. The molecule has 4 rings (SSSR count). The largest absolute Gasteiger partial charge is 0.351 e. The molecule has 2 amide bonds. The van der Waals surface area contributed by atoms with Gasteiger partial charge in [-0.2, -0.15) is 0 Å². The quantitative estimate of drug-likeness (QED) is 0.539. The molecule has 0 bridgehead atoms. The Morgan fingerprint density at radius 2 is 1.74 bits per heavy atom. The van der Waals surface area contributed by atoms with E-state index in [4.69, 9.17) is 11.6 Å². The van der Waals surface area contributed by atoms with Gasteiger partial charge in [-0.25, -0.2) is 0 Å². The van der Waals surface area contributed by atoms with Crippen molar-refractivity contribution in [2.75, 3.05) is 27.7 Å². The number of rotatable bonds is 7. The molecule has 0 saturated heterocycles. The van der Waals surface area contributed by atoms with E-state index in [2.05, 4.69) is 28.5 Å². The highest BCUT2D eigenvalue weighted by Crippen LogP contribution is 2.26. The van der Waals surface area contributed by atoms with E-state index in [0.29, 0.717) is 23.8 Å². The van der Waals surface area contributed by atoms with Gasteiger partial charge in [0.2, 0.25) is 5.91 Å². The molecule has 182 valence electrons. The summed E-state index contributed by atoms with van der Waals surface area (Å²) in [6.45, 7) is 0.908. The van der Waals surface area contributed by atoms with Crippen LogP contribution in [-0.4, -0.2) is 60.3 Å². The van der Waals surface area contributed by atoms with E-state index >= 15 is 0 Å². The minimum absolute atomic E-state index is 0.0164. The van der Waals surface area contributed by atoms with E-state index in [1.807, 2.05) is 61.3 Å². The van der Waals surface area contributed by atoms with Gasteiger partial charge >= 0.3 is 0 Å². The molecule has 2 aromatic carbocycles. The lowest BCUT2D eigenvalue weighted by Crippen LogP contribution is -2.41. The van der Waals surface area contributed by atoms with Gasteiger partial charge in [0.05, 0.1) is 6.54 Å². The SMILES string of the molecule is CN(C)CC(=O)NCc1ccc2c(c1)CCC(N(C)C(=O)c1ccc(-c3ccc(Cl)cc3)cn1)C2. The molecule has 1 N–H and O–H groups in total. The van der Waals surface area contributed by atoms with Gasteiger partial charge in [-0.1, -0.05) is 48.0 Å². The number of carbonyl (C=O) groups excluding carboxylic acids is 2. The van der Waals surface area contributed by atoms with Gasteiger partial charge in [-0.15, -0.1) is 0 Å². The second-order valence-electron chi connectivity index (χ2n) is 9.37.